The quantitative estimate of drug-likeness (QED) is 0.188. The fraction of sp³-hybridized carbons (Fsp3) is 0.556. The SMILES string of the molecule is CCOC(C)OC(C)c1nn(-c2cc(OC(C)C3CCCCC3)c(C(=O)Nc3ccc(NC(=O)OC(C)(C)C)cc3C)cc2F)c(=O)n1C. The van der Waals surface area contributed by atoms with Crippen molar-refractivity contribution in [2.75, 3.05) is 17.2 Å². The zero-order valence-electron chi connectivity index (χ0n) is 30.0. The van der Waals surface area contributed by atoms with Gasteiger partial charge >= 0.3 is 11.8 Å². The van der Waals surface area contributed by atoms with Crippen LogP contribution in [0.25, 0.3) is 5.69 Å². The van der Waals surface area contributed by atoms with Crippen molar-refractivity contribution in [3.63, 3.8) is 0 Å². The van der Waals surface area contributed by atoms with Crippen molar-refractivity contribution in [1.29, 1.82) is 0 Å². The fourth-order valence-electron chi connectivity index (χ4n) is 5.96. The molecule has 2 N–H and O–H groups in total. The van der Waals surface area contributed by atoms with E-state index in [1.54, 1.807) is 59.7 Å². The minimum absolute atomic E-state index is 0.0364. The molecular weight excluding hydrogens is 633 g/mol. The van der Waals surface area contributed by atoms with E-state index >= 15 is 4.39 Å². The highest BCUT2D eigenvalue weighted by molar-refractivity contribution is 6.07. The Morgan fingerprint density at radius 3 is 2.39 bits per heavy atom. The molecule has 0 bridgehead atoms. The number of nitrogens with zero attached hydrogens (tertiary/aromatic N) is 3. The molecule has 1 heterocycles. The molecule has 49 heavy (non-hydrogen) atoms. The Bertz CT molecular complexity index is 1690. The maximum atomic E-state index is 16.0. The maximum Gasteiger partial charge on any atom is 0.412 e. The van der Waals surface area contributed by atoms with Gasteiger partial charge in [0, 0.05) is 31.1 Å². The van der Waals surface area contributed by atoms with Crippen LogP contribution in [0.15, 0.2) is 35.1 Å². The van der Waals surface area contributed by atoms with Crippen molar-refractivity contribution >= 4 is 23.4 Å². The van der Waals surface area contributed by atoms with E-state index in [0.29, 0.717) is 23.5 Å². The van der Waals surface area contributed by atoms with Gasteiger partial charge in [-0.2, -0.15) is 4.68 Å². The third kappa shape index (κ3) is 9.69. The number of aryl methyl sites for hydroxylation is 1. The highest BCUT2D eigenvalue weighted by Crippen LogP contribution is 2.33. The summed E-state index contributed by atoms with van der Waals surface area (Å²) in [6.07, 6.45) is 3.27. The average molecular weight is 684 g/mol. The van der Waals surface area contributed by atoms with E-state index in [2.05, 4.69) is 15.7 Å². The second-order valence-corrected chi connectivity index (χ2v) is 13.5. The van der Waals surface area contributed by atoms with Crippen LogP contribution in [0.4, 0.5) is 20.6 Å². The number of hydrogen-bond acceptors (Lipinski definition) is 8. The molecule has 3 unspecified atom stereocenters. The predicted octanol–water partition coefficient (Wildman–Crippen LogP) is 7.43. The summed E-state index contributed by atoms with van der Waals surface area (Å²) in [7, 11) is 1.53. The van der Waals surface area contributed by atoms with Gasteiger partial charge in [-0.05, 0) is 104 Å². The van der Waals surface area contributed by atoms with Crippen molar-refractivity contribution in [2.45, 2.75) is 112 Å². The van der Waals surface area contributed by atoms with Crippen LogP contribution >= 0.6 is 0 Å². The number of benzene rings is 2. The van der Waals surface area contributed by atoms with E-state index in [1.165, 1.54) is 24.1 Å². The molecule has 3 aromatic rings. The molecular formula is C36H50FN5O7. The lowest BCUT2D eigenvalue weighted by Crippen LogP contribution is -2.28. The van der Waals surface area contributed by atoms with Gasteiger partial charge in [-0.25, -0.2) is 14.0 Å². The Labute approximate surface area is 287 Å². The molecule has 1 saturated carbocycles. The first-order chi connectivity index (χ1) is 23.1. The van der Waals surface area contributed by atoms with E-state index in [9.17, 15) is 14.4 Å². The molecule has 0 saturated heterocycles. The molecule has 1 fully saturated rings. The van der Waals surface area contributed by atoms with E-state index < -0.39 is 41.5 Å². The number of carbonyl (C=O) groups is 2. The number of nitrogens with one attached hydrogen (secondary N) is 2. The van der Waals surface area contributed by atoms with Crippen LogP contribution in [-0.4, -0.2) is 50.9 Å². The third-order valence-electron chi connectivity index (χ3n) is 8.44. The minimum atomic E-state index is -0.834. The summed E-state index contributed by atoms with van der Waals surface area (Å²) in [5.41, 5.74) is 0.147. The number of anilines is 2. The van der Waals surface area contributed by atoms with Crippen LogP contribution in [0.2, 0.25) is 0 Å². The summed E-state index contributed by atoms with van der Waals surface area (Å²) in [6.45, 7) is 14.8. The van der Waals surface area contributed by atoms with Crippen LogP contribution in [0, 0.1) is 18.7 Å². The van der Waals surface area contributed by atoms with Crippen molar-refractivity contribution in [2.24, 2.45) is 13.0 Å². The van der Waals surface area contributed by atoms with Crippen LogP contribution < -0.4 is 21.1 Å². The van der Waals surface area contributed by atoms with Gasteiger partial charge in [0.15, 0.2) is 12.1 Å². The highest BCUT2D eigenvalue weighted by atomic mass is 19.1. The lowest BCUT2D eigenvalue weighted by atomic mass is 9.86. The molecule has 4 rings (SSSR count). The largest absolute Gasteiger partial charge is 0.490 e. The maximum absolute atomic E-state index is 16.0. The first-order valence-electron chi connectivity index (χ1n) is 16.9. The number of rotatable bonds is 12. The van der Waals surface area contributed by atoms with Gasteiger partial charge in [0.25, 0.3) is 5.91 Å². The van der Waals surface area contributed by atoms with E-state index in [0.717, 1.165) is 36.4 Å². The Morgan fingerprint density at radius 2 is 1.76 bits per heavy atom. The van der Waals surface area contributed by atoms with Crippen molar-refractivity contribution in [3.8, 4) is 11.4 Å². The van der Waals surface area contributed by atoms with Crippen LogP contribution in [0.3, 0.4) is 0 Å². The summed E-state index contributed by atoms with van der Waals surface area (Å²) in [4.78, 5) is 39.4. The summed E-state index contributed by atoms with van der Waals surface area (Å²) >= 11 is 0. The van der Waals surface area contributed by atoms with E-state index in [1.807, 2.05) is 13.8 Å². The minimum Gasteiger partial charge on any atom is -0.490 e. The van der Waals surface area contributed by atoms with Gasteiger partial charge in [-0.15, -0.1) is 5.10 Å². The number of hydrogen-bond donors (Lipinski definition) is 2. The van der Waals surface area contributed by atoms with Crippen LogP contribution in [-0.2, 0) is 21.3 Å². The van der Waals surface area contributed by atoms with Crippen LogP contribution in [0.1, 0.15) is 108 Å². The number of aromatic nitrogens is 3. The monoisotopic (exact) mass is 683 g/mol. The Hall–Kier alpha value is -4.23. The Morgan fingerprint density at radius 1 is 1.06 bits per heavy atom. The van der Waals surface area contributed by atoms with E-state index in [-0.39, 0.29) is 34.8 Å². The van der Waals surface area contributed by atoms with Crippen molar-refractivity contribution in [1.82, 2.24) is 14.3 Å². The normalized spacial score (nSPS) is 15.7. The van der Waals surface area contributed by atoms with Gasteiger partial charge < -0.3 is 24.3 Å². The van der Waals surface area contributed by atoms with Gasteiger partial charge in [-0.1, -0.05) is 19.3 Å². The summed E-state index contributed by atoms with van der Waals surface area (Å²) in [5, 5.41) is 9.95. The number of carbonyl (C=O) groups excluding carboxylic acids is 2. The number of halogens is 1. The highest BCUT2D eigenvalue weighted by Gasteiger charge is 2.28. The molecule has 0 aliphatic heterocycles. The van der Waals surface area contributed by atoms with Gasteiger partial charge in [0.05, 0.1) is 11.7 Å². The van der Waals surface area contributed by atoms with Crippen molar-refractivity contribution in [3.05, 3.63) is 63.6 Å². The average Bonchev–Trinajstić information content (AvgIpc) is 3.32. The molecule has 2 aromatic carbocycles. The van der Waals surface area contributed by atoms with Gasteiger partial charge in [0.2, 0.25) is 0 Å². The Kier molecular flexibility index (Phi) is 12.3. The second-order valence-electron chi connectivity index (χ2n) is 13.5. The molecule has 2 amide bonds. The lowest BCUT2D eigenvalue weighted by molar-refractivity contribution is -0.156. The van der Waals surface area contributed by atoms with E-state index in [4.69, 9.17) is 18.9 Å². The standard InChI is InChI=1S/C36H50FN5O7/c1-10-46-24(5)47-23(4)32-40-42(35(45)41(32)9)30-20-31(48-22(3)25-14-12-11-13-15-25)27(19-28(30)37)33(43)39-29-17-16-26(18-21(29)2)38-34(44)49-36(6,7)8/h16-20,22-25H,10-15H2,1-9H3,(H,38,44)(H,39,43). The van der Waals surface area contributed by atoms with Crippen molar-refractivity contribution < 1.29 is 32.9 Å². The molecule has 1 aliphatic rings. The first kappa shape index (κ1) is 37.6. The predicted molar refractivity (Wildman–Crippen MR) is 185 cm³/mol. The molecule has 1 aliphatic carbocycles. The van der Waals surface area contributed by atoms with Crippen LogP contribution in [0.5, 0.6) is 5.75 Å². The zero-order valence-corrected chi connectivity index (χ0v) is 30.0. The summed E-state index contributed by atoms with van der Waals surface area (Å²) in [6, 6.07) is 7.39. The number of ether oxygens (including phenoxy) is 4. The smallest absolute Gasteiger partial charge is 0.412 e. The molecule has 0 spiro atoms. The number of amides is 2. The molecule has 13 heteroatoms. The lowest BCUT2D eigenvalue weighted by Gasteiger charge is -2.29. The molecule has 0 radical (unpaired) electrons. The first-order valence-corrected chi connectivity index (χ1v) is 16.9. The molecule has 1 aromatic heterocycles. The third-order valence-corrected chi connectivity index (χ3v) is 8.44. The molecule has 268 valence electrons. The van der Waals surface area contributed by atoms with Gasteiger partial charge in [-0.3, -0.25) is 14.7 Å². The van der Waals surface area contributed by atoms with Gasteiger partial charge in [0.1, 0.15) is 29.0 Å². The fourth-order valence-corrected chi connectivity index (χ4v) is 5.96. The summed E-state index contributed by atoms with van der Waals surface area (Å²) < 4.78 is 41.2. The Balaban J connectivity index is 1.67. The molecule has 12 nitrogen and oxygen atoms in total. The zero-order chi connectivity index (χ0) is 36.0. The second kappa shape index (κ2) is 16.0. The summed E-state index contributed by atoms with van der Waals surface area (Å²) in [5.74, 6) is -0.773. The molecule has 3 atom stereocenters. The topological polar surface area (TPSA) is 135 Å².